The maximum absolute atomic E-state index is 13.2. The third-order valence-electron chi connectivity index (χ3n) is 7.70. The van der Waals surface area contributed by atoms with Crippen LogP contribution in [0.4, 0.5) is 23.1 Å². The Morgan fingerprint density at radius 1 is 1.00 bits per heavy atom. The summed E-state index contributed by atoms with van der Waals surface area (Å²) < 4.78 is 33.4. The number of hydrogen-bond donors (Lipinski definition) is 3. The van der Waals surface area contributed by atoms with Crippen molar-refractivity contribution in [1.82, 2.24) is 29.1 Å². The number of aromatic nitrogens is 4. The van der Waals surface area contributed by atoms with E-state index in [4.69, 9.17) is 14.7 Å². The second-order valence-corrected chi connectivity index (χ2v) is 12.9. The highest BCUT2D eigenvalue weighted by Crippen LogP contribution is 2.38. The zero-order valence-electron chi connectivity index (χ0n) is 24.8. The molecule has 0 spiro atoms. The Labute approximate surface area is 251 Å². The average Bonchev–Trinajstić information content (AvgIpc) is 3.41. The average molecular weight is 599 g/mol. The van der Waals surface area contributed by atoms with Crippen LogP contribution in [-0.2, 0) is 23.0 Å². The molecule has 0 fully saturated rings. The quantitative estimate of drug-likeness (QED) is 0.224. The van der Waals surface area contributed by atoms with E-state index in [9.17, 15) is 8.42 Å². The molecular weight excluding hydrogens is 564 g/mol. The zero-order valence-corrected chi connectivity index (χ0v) is 25.6. The van der Waals surface area contributed by atoms with E-state index in [1.807, 2.05) is 25.3 Å². The number of benzene rings is 2. The summed E-state index contributed by atoms with van der Waals surface area (Å²) in [5.74, 6) is 1.45. The van der Waals surface area contributed by atoms with E-state index in [2.05, 4.69) is 44.7 Å². The van der Waals surface area contributed by atoms with Gasteiger partial charge >= 0.3 is 0 Å². The molecule has 0 bridgehead atoms. The smallest absolute Gasteiger partial charge is 0.244 e. The van der Waals surface area contributed by atoms with E-state index in [0.717, 1.165) is 42.0 Å². The molecule has 1 aliphatic heterocycles. The van der Waals surface area contributed by atoms with Gasteiger partial charge in [0.25, 0.3) is 0 Å². The molecule has 0 saturated carbocycles. The first-order valence-corrected chi connectivity index (χ1v) is 15.3. The van der Waals surface area contributed by atoms with Crippen molar-refractivity contribution in [2.45, 2.75) is 24.8 Å². The maximum atomic E-state index is 13.2. The number of nitrogens with one attached hydrogen (secondary N) is 3. The molecule has 3 N–H and O–H groups in total. The maximum Gasteiger partial charge on any atom is 0.244 e. The molecule has 222 valence electrons. The van der Waals surface area contributed by atoms with Crippen LogP contribution in [0.5, 0.6) is 5.75 Å². The molecule has 6 rings (SSSR count). The van der Waals surface area contributed by atoms with Gasteiger partial charge in [-0.15, -0.1) is 0 Å². The Bertz CT molecular complexity index is 1940. The number of sulfonamides is 1. The van der Waals surface area contributed by atoms with Crippen molar-refractivity contribution in [3.05, 3.63) is 77.7 Å². The van der Waals surface area contributed by atoms with Crippen LogP contribution >= 0.6 is 0 Å². The van der Waals surface area contributed by atoms with Crippen LogP contribution < -0.4 is 15.4 Å². The topological polar surface area (TPSA) is 128 Å². The highest BCUT2D eigenvalue weighted by atomic mass is 32.2. The fourth-order valence-corrected chi connectivity index (χ4v) is 6.44. The van der Waals surface area contributed by atoms with Gasteiger partial charge in [0.1, 0.15) is 22.1 Å². The second kappa shape index (κ2) is 11.3. The van der Waals surface area contributed by atoms with Crippen LogP contribution in [0.15, 0.2) is 65.8 Å². The number of ether oxygens (including phenoxy) is 1. The van der Waals surface area contributed by atoms with Gasteiger partial charge in [-0.2, -0.15) is 9.97 Å². The summed E-state index contributed by atoms with van der Waals surface area (Å²) in [6.07, 6.45) is 4.57. The molecule has 11 nitrogen and oxygen atoms in total. The first-order valence-electron chi connectivity index (χ1n) is 13.9. The molecule has 0 aliphatic carbocycles. The number of para-hydroxylation sites is 1. The Kier molecular flexibility index (Phi) is 7.50. The third-order valence-corrected chi connectivity index (χ3v) is 9.57. The van der Waals surface area contributed by atoms with Crippen LogP contribution in [0.3, 0.4) is 0 Å². The Balaban J connectivity index is 1.51. The molecule has 1 aliphatic rings. The largest absolute Gasteiger partial charge is 0.495 e. The highest BCUT2D eigenvalue weighted by molar-refractivity contribution is 7.89. The number of fused-ring (bicyclic) bond motifs is 2. The molecule has 0 saturated heterocycles. The van der Waals surface area contributed by atoms with Gasteiger partial charge in [0.2, 0.25) is 16.0 Å². The van der Waals surface area contributed by atoms with Crippen molar-refractivity contribution in [3.8, 4) is 16.9 Å². The summed E-state index contributed by atoms with van der Waals surface area (Å²) in [6, 6.07) is 14.8. The van der Waals surface area contributed by atoms with Gasteiger partial charge in [-0.1, -0.05) is 18.2 Å². The van der Waals surface area contributed by atoms with Crippen LogP contribution in [0.1, 0.15) is 16.8 Å². The number of rotatable bonds is 8. The van der Waals surface area contributed by atoms with Gasteiger partial charge in [-0.3, -0.25) is 4.98 Å². The zero-order chi connectivity index (χ0) is 30.3. The number of hydrogen-bond acceptors (Lipinski definition) is 9. The standard InChI is InChI=1S/C31H34N8O3S/c1-19-22(9-8-13-32-19)23-17-33-29-28(23)30(34-24-10-6-7-11-27(24)43(40,41)38(2)3)37-31(36-29)35-25-15-21-18-39(4)14-12-20(21)16-26(25)42-5/h6-11,13,15-17H,12,14,18H2,1-5H3,(H3,33,34,35,36,37). The first kappa shape index (κ1) is 28.6. The van der Waals surface area contributed by atoms with Gasteiger partial charge in [-0.25, -0.2) is 12.7 Å². The highest BCUT2D eigenvalue weighted by Gasteiger charge is 2.24. The molecule has 2 aromatic carbocycles. The van der Waals surface area contributed by atoms with E-state index in [1.54, 1.807) is 37.6 Å². The first-order chi connectivity index (χ1) is 20.7. The van der Waals surface area contributed by atoms with E-state index in [0.29, 0.717) is 34.2 Å². The summed E-state index contributed by atoms with van der Waals surface area (Å²) >= 11 is 0. The Morgan fingerprint density at radius 2 is 1.81 bits per heavy atom. The van der Waals surface area contributed by atoms with Crippen LogP contribution in [-0.4, -0.2) is 72.4 Å². The van der Waals surface area contributed by atoms with Gasteiger partial charge in [0, 0.05) is 56.4 Å². The number of likely N-dealkylation sites (N-methyl/N-ethyl adjacent to an activating group) is 1. The molecule has 3 aromatic heterocycles. The van der Waals surface area contributed by atoms with Crippen LogP contribution in [0, 0.1) is 6.92 Å². The SMILES string of the molecule is COc1cc2c(cc1Nc1nc(Nc3ccccc3S(=O)(=O)N(C)C)c3c(-c4cccnc4C)c[nH]c3n1)CN(C)CC2. The minimum atomic E-state index is -3.74. The number of aromatic amines is 1. The van der Waals surface area contributed by atoms with Crippen LogP contribution in [0.25, 0.3) is 22.2 Å². The molecule has 43 heavy (non-hydrogen) atoms. The summed E-state index contributed by atoms with van der Waals surface area (Å²) in [5, 5.41) is 7.40. The van der Waals surface area contributed by atoms with Crippen molar-refractivity contribution in [2.75, 3.05) is 45.4 Å². The number of H-pyrrole nitrogens is 1. The van der Waals surface area contributed by atoms with Crippen molar-refractivity contribution < 1.29 is 13.2 Å². The summed E-state index contributed by atoms with van der Waals surface area (Å²) in [7, 11) is 3.03. The number of nitrogens with zero attached hydrogens (tertiary/aromatic N) is 5. The van der Waals surface area contributed by atoms with Gasteiger partial charge in [0.05, 0.1) is 23.9 Å². The summed E-state index contributed by atoms with van der Waals surface area (Å²) in [5.41, 5.74) is 6.79. The minimum Gasteiger partial charge on any atom is -0.495 e. The number of anilines is 4. The lowest BCUT2D eigenvalue weighted by atomic mass is 9.99. The van der Waals surface area contributed by atoms with E-state index in [1.165, 1.54) is 29.5 Å². The molecule has 0 amide bonds. The van der Waals surface area contributed by atoms with Crippen molar-refractivity contribution >= 4 is 44.2 Å². The second-order valence-electron chi connectivity index (χ2n) is 10.8. The predicted octanol–water partition coefficient (Wildman–Crippen LogP) is 5.06. The normalized spacial score (nSPS) is 13.7. The summed E-state index contributed by atoms with van der Waals surface area (Å²) in [6.45, 7) is 3.77. The third kappa shape index (κ3) is 5.40. The molecule has 0 radical (unpaired) electrons. The van der Waals surface area contributed by atoms with Crippen molar-refractivity contribution in [2.24, 2.45) is 0 Å². The lowest BCUT2D eigenvalue weighted by Gasteiger charge is -2.26. The molecule has 5 aromatic rings. The fraction of sp³-hybridized carbons (Fsp3) is 0.258. The lowest BCUT2D eigenvalue weighted by molar-refractivity contribution is 0.312. The molecule has 0 atom stereocenters. The monoisotopic (exact) mass is 598 g/mol. The molecular formula is C31H34N8O3S. The Hall–Kier alpha value is -4.52. The number of pyridine rings is 1. The number of methoxy groups -OCH3 is 1. The summed E-state index contributed by atoms with van der Waals surface area (Å²) in [4.78, 5) is 19.9. The van der Waals surface area contributed by atoms with E-state index < -0.39 is 10.0 Å². The number of aryl methyl sites for hydroxylation is 1. The van der Waals surface area contributed by atoms with Crippen LogP contribution in [0.2, 0.25) is 0 Å². The lowest BCUT2D eigenvalue weighted by Crippen LogP contribution is -2.26. The molecule has 12 heteroatoms. The van der Waals surface area contributed by atoms with Gasteiger partial charge < -0.3 is 25.3 Å². The van der Waals surface area contributed by atoms with Gasteiger partial charge in [-0.05, 0) is 61.9 Å². The fourth-order valence-electron chi connectivity index (χ4n) is 5.39. The van der Waals surface area contributed by atoms with E-state index >= 15 is 0 Å². The van der Waals surface area contributed by atoms with E-state index in [-0.39, 0.29) is 4.90 Å². The predicted molar refractivity (Wildman–Crippen MR) is 169 cm³/mol. The van der Waals surface area contributed by atoms with Gasteiger partial charge in [0.15, 0.2) is 0 Å². The Morgan fingerprint density at radius 3 is 2.58 bits per heavy atom. The molecule has 0 unspecified atom stereocenters. The van der Waals surface area contributed by atoms with Crippen molar-refractivity contribution in [3.63, 3.8) is 0 Å². The minimum absolute atomic E-state index is 0.136. The van der Waals surface area contributed by atoms with Crippen molar-refractivity contribution in [1.29, 1.82) is 0 Å². The molecule has 4 heterocycles.